The number of hydrogen-bond donors (Lipinski definition) is 2. The van der Waals surface area contributed by atoms with Gasteiger partial charge in [0.2, 0.25) is 0 Å². The van der Waals surface area contributed by atoms with Crippen molar-refractivity contribution >= 4 is 22.6 Å². The number of alkyl carbamates (subject to hydrolysis) is 1. The van der Waals surface area contributed by atoms with E-state index in [4.69, 9.17) is 10.5 Å². The van der Waals surface area contributed by atoms with Crippen LogP contribution in [-0.2, 0) is 11.2 Å². The quantitative estimate of drug-likeness (QED) is 0.848. The largest absolute Gasteiger partial charge is 0.444 e. The van der Waals surface area contributed by atoms with E-state index in [9.17, 15) is 4.79 Å². The Bertz CT molecular complexity index is 357. The molecule has 0 aliphatic carbocycles. The van der Waals surface area contributed by atoms with Crippen molar-refractivity contribution in [1.29, 1.82) is 0 Å². The number of amides is 1. The molecule has 0 aromatic carbocycles. The van der Waals surface area contributed by atoms with Crippen LogP contribution in [0.15, 0.2) is 5.38 Å². The van der Waals surface area contributed by atoms with E-state index in [1.165, 1.54) is 11.3 Å². The molecule has 1 amide bonds. The van der Waals surface area contributed by atoms with Crippen LogP contribution in [0.2, 0.25) is 0 Å². The first-order valence-electron chi connectivity index (χ1n) is 5.03. The Morgan fingerprint density at radius 1 is 1.62 bits per heavy atom. The predicted molar refractivity (Wildman–Crippen MR) is 64.5 cm³/mol. The summed E-state index contributed by atoms with van der Waals surface area (Å²) in [6, 6.07) is 0. The van der Waals surface area contributed by atoms with E-state index in [0.717, 1.165) is 5.69 Å². The molecular weight excluding hydrogens is 226 g/mol. The minimum Gasteiger partial charge on any atom is -0.444 e. The van der Waals surface area contributed by atoms with Gasteiger partial charge in [-0.1, -0.05) is 0 Å². The first kappa shape index (κ1) is 12.8. The Kier molecular flexibility index (Phi) is 4.12. The van der Waals surface area contributed by atoms with E-state index >= 15 is 0 Å². The van der Waals surface area contributed by atoms with Gasteiger partial charge in [-0.05, 0) is 20.8 Å². The van der Waals surface area contributed by atoms with Crippen LogP contribution in [0, 0.1) is 0 Å². The molecule has 0 unspecified atom stereocenters. The average Bonchev–Trinajstić information content (AvgIpc) is 2.48. The van der Waals surface area contributed by atoms with Crippen LogP contribution in [-0.4, -0.2) is 23.2 Å². The van der Waals surface area contributed by atoms with Crippen LogP contribution in [0.25, 0.3) is 0 Å². The summed E-state index contributed by atoms with van der Waals surface area (Å²) in [5.41, 5.74) is 5.91. The average molecular weight is 243 g/mol. The smallest absolute Gasteiger partial charge is 0.407 e. The highest BCUT2D eigenvalue weighted by Crippen LogP contribution is 2.11. The molecule has 1 rings (SSSR count). The molecule has 3 N–H and O–H groups in total. The first-order valence-corrected chi connectivity index (χ1v) is 5.91. The van der Waals surface area contributed by atoms with E-state index in [-0.39, 0.29) is 0 Å². The third-order valence-electron chi connectivity index (χ3n) is 1.62. The van der Waals surface area contributed by atoms with Gasteiger partial charge in [0, 0.05) is 18.3 Å². The number of carbonyl (C=O) groups excluding carboxylic acids is 1. The summed E-state index contributed by atoms with van der Waals surface area (Å²) in [6.07, 6.45) is 0.253. The molecule has 90 valence electrons. The van der Waals surface area contributed by atoms with Crippen molar-refractivity contribution < 1.29 is 9.53 Å². The highest BCUT2D eigenvalue weighted by atomic mass is 32.1. The molecular formula is C10H17N3O2S. The van der Waals surface area contributed by atoms with Crippen LogP contribution in [0.1, 0.15) is 26.5 Å². The van der Waals surface area contributed by atoms with Crippen LogP contribution in [0.4, 0.5) is 9.93 Å². The molecule has 0 aliphatic rings. The van der Waals surface area contributed by atoms with Crippen molar-refractivity contribution in [1.82, 2.24) is 10.3 Å². The van der Waals surface area contributed by atoms with Crippen LogP contribution in [0.3, 0.4) is 0 Å². The van der Waals surface area contributed by atoms with E-state index in [0.29, 0.717) is 18.1 Å². The van der Waals surface area contributed by atoms with Crippen LogP contribution < -0.4 is 11.1 Å². The molecule has 0 radical (unpaired) electrons. The molecule has 5 nitrogen and oxygen atoms in total. The minimum absolute atomic E-state index is 0.407. The number of ether oxygens (including phenoxy) is 1. The number of nitrogens with two attached hydrogens (primary N) is 1. The van der Waals surface area contributed by atoms with Crippen molar-refractivity contribution in [3.8, 4) is 0 Å². The lowest BCUT2D eigenvalue weighted by atomic mass is 10.2. The third kappa shape index (κ3) is 4.97. The zero-order chi connectivity index (χ0) is 12.2. The summed E-state index contributed by atoms with van der Waals surface area (Å²) < 4.78 is 5.09. The molecule has 1 heterocycles. The standard InChI is InChI=1S/C10H17N3O2S/c1-10(2,3)15-9(14)12-5-4-7-6-16-8(11)13-7/h6H,4-5H2,1-3H3,(H2,11,13)(H,12,14). The highest BCUT2D eigenvalue weighted by Gasteiger charge is 2.15. The normalized spacial score (nSPS) is 11.2. The summed E-state index contributed by atoms with van der Waals surface area (Å²) in [7, 11) is 0. The first-order chi connectivity index (χ1) is 7.37. The number of carbonyl (C=O) groups is 1. The number of anilines is 1. The van der Waals surface area contributed by atoms with Gasteiger partial charge < -0.3 is 15.8 Å². The SMILES string of the molecule is CC(C)(C)OC(=O)NCCc1csc(N)n1. The third-order valence-corrected chi connectivity index (χ3v) is 2.34. The molecule has 6 heteroatoms. The molecule has 0 bridgehead atoms. The monoisotopic (exact) mass is 243 g/mol. The summed E-state index contributed by atoms with van der Waals surface area (Å²) in [5, 5.41) is 5.09. The van der Waals surface area contributed by atoms with Gasteiger partial charge >= 0.3 is 6.09 Å². The minimum atomic E-state index is -0.463. The second kappa shape index (κ2) is 5.16. The molecule has 0 fully saturated rings. The number of nitrogen functional groups attached to an aromatic ring is 1. The molecule has 0 saturated carbocycles. The Hall–Kier alpha value is -1.30. The summed E-state index contributed by atoms with van der Waals surface area (Å²) in [5.74, 6) is 0. The van der Waals surface area contributed by atoms with E-state index in [1.54, 1.807) is 0 Å². The maximum absolute atomic E-state index is 11.3. The highest BCUT2D eigenvalue weighted by molar-refractivity contribution is 7.13. The van der Waals surface area contributed by atoms with Crippen molar-refractivity contribution in [3.63, 3.8) is 0 Å². The van der Waals surface area contributed by atoms with Gasteiger partial charge in [-0.3, -0.25) is 0 Å². The maximum atomic E-state index is 11.3. The number of hydrogen-bond acceptors (Lipinski definition) is 5. The van der Waals surface area contributed by atoms with Crippen molar-refractivity contribution in [2.45, 2.75) is 32.8 Å². The molecule has 0 saturated heterocycles. The predicted octanol–water partition coefficient (Wildman–Crippen LogP) is 1.79. The van der Waals surface area contributed by atoms with Crippen LogP contribution >= 0.6 is 11.3 Å². The Balaban J connectivity index is 2.23. The molecule has 0 spiro atoms. The summed E-state index contributed by atoms with van der Waals surface area (Å²) in [6.45, 7) is 5.98. The lowest BCUT2D eigenvalue weighted by Gasteiger charge is -2.19. The van der Waals surface area contributed by atoms with E-state index in [1.807, 2.05) is 26.2 Å². The van der Waals surface area contributed by atoms with E-state index < -0.39 is 11.7 Å². The fourth-order valence-corrected chi connectivity index (χ4v) is 1.64. The van der Waals surface area contributed by atoms with Crippen molar-refractivity contribution in [3.05, 3.63) is 11.1 Å². The number of rotatable bonds is 3. The fraction of sp³-hybridized carbons (Fsp3) is 0.600. The molecule has 1 aromatic heterocycles. The van der Waals surface area contributed by atoms with Gasteiger partial charge in [0.1, 0.15) is 5.60 Å². The molecule has 16 heavy (non-hydrogen) atoms. The molecule has 0 aliphatic heterocycles. The lowest BCUT2D eigenvalue weighted by Crippen LogP contribution is -2.33. The van der Waals surface area contributed by atoms with Gasteiger partial charge in [0.25, 0.3) is 0 Å². The van der Waals surface area contributed by atoms with Gasteiger partial charge in [-0.2, -0.15) is 0 Å². The second-order valence-corrected chi connectivity index (χ2v) is 5.25. The Labute approximate surface area is 99.0 Å². The van der Waals surface area contributed by atoms with Gasteiger partial charge in [0.05, 0.1) is 5.69 Å². The van der Waals surface area contributed by atoms with Crippen molar-refractivity contribution in [2.75, 3.05) is 12.3 Å². The zero-order valence-electron chi connectivity index (χ0n) is 9.74. The Morgan fingerprint density at radius 2 is 2.31 bits per heavy atom. The van der Waals surface area contributed by atoms with Gasteiger partial charge in [-0.15, -0.1) is 11.3 Å². The molecule has 0 atom stereocenters. The maximum Gasteiger partial charge on any atom is 0.407 e. The number of thiazole rings is 1. The van der Waals surface area contributed by atoms with Crippen LogP contribution in [0.5, 0.6) is 0 Å². The Morgan fingerprint density at radius 3 is 2.81 bits per heavy atom. The topological polar surface area (TPSA) is 77.2 Å². The summed E-state index contributed by atoms with van der Waals surface area (Å²) in [4.78, 5) is 15.4. The lowest BCUT2D eigenvalue weighted by molar-refractivity contribution is 0.0528. The van der Waals surface area contributed by atoms with Gasteiger partial charge in [-0.25, -0.2) is 9.78 Å². The van der Waals surface area contributed by atoms with Crippen molar-refractivity contribution in [2.24, 2.45) is 0 Å². The second-order valence-electron chi connectivity index (χ2n) is 4.36. The van der Waals surface area contributed by atoms with E-state index in [2.05, 4.69) is 10.3 Å². The number of aromatic nitrogens is 1. The molecule has 1 aromatic rings. The fourth-order valence-electron chi connectivity index (χ4n) is 1.04. The van der Waals surface area contributed by atoms with Gasteiger partial charge in [0.15, 0.2) is 5.13 Å². The number of nitrogens with zero attached hydrogens (tertiary/aromatic N) is 1. The summed E-state index contributed by atoms with van der Waals surface area (Å²) >= 11 is 1.40. The zero-order valence-corrected chi connectivity index (χ0v) is 10.6. The number of nitrogens with one attached hydrogen (secondary N) is 1.